The molecule has 3 aromatic carbocycles. The van der Waals surface area contributed by atoms with Gasteiger partial charge in [-0.15, -0.1) is 0 Å². The summed E-state index contributed by atoms with van der Waals surface area (Å²) in [6.45, 7) is 0. The molecule has 0 saturated carbocycles. The van der Waals surface area contributed by atoms with E-state index in [1.165, 1.54) is 0 Å². The highest BCUT2D eigenvalue weighted by molar-refractivity contribution is 6.59. The fourth-order valence-electron chi connectivity index (χ4n) is 2.85. The maximum Gasteiger partial charge on any atom is 0.271 e. The first-order chi connectivity index (χ1) is 11.3. The minimum atomic E-state index is -0.339. The smallest absolute Gasteiger partial charge is 0.271 e. The molecule has 0 heterocycles. The number of carbonyl (C=O) groups is 2. The summed E-state index contributed by atoms with van der Waals surface area (Å²) in [5, 5.41) is 5.98. The first kappa shape index (κ1) is 13.4. The summed E-state index contributed by atoms with van der Waals surface area (Å²) in [5.41, 5.74) is 4.65. The molecule has 1 aliphatic rings. The standard InChI is InChI=1S/C19H12N2O2/c22-18-15-11-5-9-12-8-4-10-14(16(12)15)17(18)20-21-19(23)13-6-2-1-3-7-13/h1-11H,(H,21,23)/b20-17-. The van der Waals surface area contributed by atoms with Gasteiger partial charge in [-0.25, -0.2) is 5.43 Å². The number of amides is 1. The number of benzene rings is 3. The molecule has 4 heteroatoms. The Morgan fingerprint density at radius 3 is 2.26 bits per heavy atom. The molecule has 23 heavy (non-hydrogen) atoms. The molecule has 3 aromatic rings. The largest absolute Gasteiger partial charge is 0.287 e. The van der Waals surface area contributed by atoms with Crippen molar-refractivity contribution in [2.24, 2.45) is 5.10 Å². The Morgan fingerprint density at radius 1 is 0.826 bits per heavy atom. The molecule has 1 N–H and O–H groups in total. The van der Waals surface area contributed by atoms with Gasteiger partial charge in [-0.2, -0.15) is 5.10 Å². The normalized spacial score (nSPS) is 14.4. The van der Waals surface area contributed by atoms with E-state index in [-0.39, 0.29) is 17.4 Å². The number of carbonyl (C=O) groups excluding carboxylic acids is 2. The summed E-state index contributed by atoms with van der Waals surface area (Å²) in [7, 11) is 0. The van der Waals surface area contributed by atoms with Gasteiger partial charge < -0.3 is 0 Å². The highest BCUT2D eigenvalue weighted by Crippen LogP contribution is 2.30. The Balaban J connectivity index is 1.73. The van der Waals surface area contributed by atoms with Crippen LogP contribution in [0.15, 0.2) is 71.8 Å². The van der Waals surface area contributed by atoms with Gasteiger partial charge in [0.15, 0.2) is 0 Å². The van der Waals surface area contributed by atoms with Crippen LogP contribution in [0, 0.1) is 0 Å². The van der Waals surface area contributed by atoms with Gasteiger partial charge in [0.25, 0.3) is 5.91 Å². The summed E-state index contributed by atoms with van der Waals surface area (Å²) in [6.07, 6.45) is 0. The predicted molar refractivity (Wildman–Crippen MR) is 88.7 cm³/mol. The highest BCUT2D eigenvalue weighted by Gasteiger charge is 2.28. The van der Waals surface area contributed by atoms with Gasteiger partial charge in [0.1, 0.15) is 5.71 Å². The van der Waals surface area contributed by atoms with E-state index in [4.69, 9.17) is 0 Å². The van der Waals surface area contributed by atoms with Crippen molar-refractivity contribution < 1.29 is 9.59 Å². The van der Waals surface area contributed by atoms with Crippen LogP contribution in [0.2, 0.25) is 0 Å². The Kier molecular flexibility index (Phi) is 3.01. The predicted octanol–water partition coefficient (Wildman–Crippen LogP) is 3.17. The summed E-state index contributed by atoms with van der Waals surface area (Å²) in [4.78, 5) is 24.6. The van der Waals surface area contributed by atoms with Gasteiger partial charge in [-0.1, -0.05) is 54.6 Å². The minimum Gasteiger partial charge on any atom is -0.287 e. The third-order valence-corrected chi connectivity index (χ3v) is 3.92. The molecule has 0 atom stereocenters. The van der Waals surface area contributed by atoms with Crippen LogP contribution in [-0.4, -0.2) is 17.4 Å². The lowest BCUT2D eigenvalue weighted by molar-refractivity contribution is 0.0955. The molecule has 0 unspecified atom stereocenters. The average Bonchev–Trinajstić information content (AvgIpc) is 2.88. The summed E-state index contributed by atoms with van der Waals surface area (Å²) < 4.78 is 0. The zero-order valence-corrected chi connectivity index (χ0v) is 12.1. The number of rotatable bonds is 2. The van der Waals surface area contributed by atoms with Gasteiger partial charge in [-0.3, -0.25) is 9.59 Å². The molecule has 1 aliphatic carbocycles. The first-order valence-corrected chi connectivity index (χ1v) is 7.25. The highest BCUT2D eigenvalue weighted by atomic mass is 16.2. The Hall–Kier alpha value is -3.27. The fourth-order valence-corrected chi connectivity index (χ4v) is 2.85. The van der Waals surface area contributed by atoms with Crippen molar-refractivity contribution in [3.05, 3.63) is 83.4 Å². The van der Waals surface area contributed by atoms with E-state index in [9.17, 15) is 9.59 Å². The summed E-state index contributed by atoms with van der Waals surface area (Å²) in [6, 6.07) is 20.1. The topological polar surface area (TPSA) is 58.5 Å². The lowest BCUT2D eigenvalue weighted by atomic mass is 10.1. The van der Waals surface area contributed by atoms with E-state index >= 15 is 0 Å². The van der Waals surface area contributed by atoms with Crippen LogP contribution in [-0.2, 0) is 0 Å². The quantitative estimate of drug-likeness (QED) is 0.739. The van der Waals surface area contributed by atoms with Crippen LogP contribution in [0.1, 0.15) is 26.3 Å². The van der Waals surface area contributed by atoms with Gasteiger partial charge in [0.05, 0.1) is 0 Å². The number of nitrogens with one attached hydrogen (secondary N) is 1. The lowest BCUT2D eigenvalue weighted by Gasteiger charge is -2.02. The second kappa shape index (κ2) is 5.18. The number of nitrogens with zero attached hydrogens (tertiary/aromatic N) is 1. The molecule has 0 spiro atoms. The zero-order chi connectivity index (χ0) is 15.8. The molecule has 110 valence electrons. The first-order valence-electron chi connectivity index (χ1n) is 7.25. The molecule has 1 amide bonds. The molecule has 0 saturated heterocycles. The van der Waals surface area contributed by atoms with Gasteiger partial charge in [0, 0.05) is 22.1 Å². The molecule has 4 nitrogen and oxygen atoms in total. The number of Topliss-reactive ketones (excluding diaryl/α,β-unsaturated/α-hetero) is 1. The van der Waals surface area contributed by atoms with Crippen LogP contribution in [0.5, 0.6) is 0 Å². The zero-order valence-electron chi connectivity index (χ0n) is 12.1. The number of hydrazone groups is 1. The van der Waals surface area contributed by atoms with E-state index in [1.807, 2.05) is 36.4 Å². The molecule has 0 aliphatic heterocycles. The SMILES string of the molecule is O=C(N/N=C1\C(=O)c2cccc3cccc1c23)c1ccccc1. The molecule has 0 fully saturated rings. The van der Waals surface area contributed by atoms with E-state index in [2.05, 4.69) is 10.5 Å². The van der Waals surface area contributed by atoms with Crippen molar-refractivity contribution in [2.45, 2.75) is 0 Å². The maximum absolute atomic E-state index is 12.5. The van der Waals surface area contributed by atoms with E-state index < -0.39 is 0 Å². The van der Waals surface area contributed by atoms with E-state index in [1.54, 1.807) is 30.3 Å². The summed E-state index contributed by atoms with van der Waals surface area (Å²) >= 11 is 0. The Morgan fingerprint density at radius 2 is 1.52 bits per heavy atom. The van der Waals surface area contributed by atoms with Crippen molar-refractivity contribution in [3.63, 3.8) is 0 Å². The van der Waals surface area contributed by atoms with Crippen molar-refractivity contribution in [3.8, 4) is 0 Å². The summed E-state index contributed by atoms with van der Waals surface area (Å²) in [5.74, 6) is -0.501. The second-order valence-electron chi connectivity index (χ2n) is 5.31. The van der Waals surface area contributed by atoms with Crippen LogP contribution in [0.3, 0.4) is 0 Å². The molecule has 0 aromatic heterocycles. The molecule has 0 radical (unpaired) electrons. The fraction of sp³-hybridized carbons (Fsp3) is 0. The van der Waals surface area contributed by atoms with Crippen molar-refractivity contribution in [1.29, 1.82) is 0 Å². The third kappa shape index (κ3) is 2.12. The van der Waals surface area contributed by atoms with Crippen LogP contribution in [0.25, 0.3) is 10.8 Å². The second-order valence-corrected chi connectivity index (χ2v) is 5.31. The van der Waals surface area contributed by atoms with Gasteiger partial charge >= 0.3 is 0 Å². The lowest BCUT2D eigenvalue weighted by Crippen LogP contribution is -2.22. The Bertz CT molecular complexity index is 970. The van der Waals surface area contributed by atoms with Gasteiger partial charge in [0.2, 0.25) is 5.78 Å². The number of hydrogen-bond donors (Lipinski definition) is 1. The molecule has 4 rings (SSSR count). The van der Waals surface area contributed by atoms with Crippen molar-refractivity contribution >= 4 is 28.2 Å². The number of ketones is 1. The van der Waals surface area contributed by atoms with Crippen LogP contribution in [0.4, 0.5) is 0 Å². The van der Waals surface area contributed by atoms with E-state index in [0.29, 0.717) is 11.1 Å². The van der Waals surface area contributed by atoms with Crippen molar-refractivity contribution in [2.75, 3.05) is 0 Å². The maximum atomic E-state index is 12.5. The molecular formula is C19H12N2O2. The number of hydrogen-bond acceptors (Lipinski definition) is 3. The Labute approximate surface area is 132 Å². The van der Waals surface area contributed by atoms with Crippen LogP contribution >= 0.6 is 0 Å². The molecular weight excluding hydrogens is 288 g/mol. The average molecular weight is 300 g/mol. The van der Waals surface area contributed by atoms with Crippen molar-refractivity contribution in [1.82, 2.24) is 5.43 Å². The van der Waals surface area contributed by atoms with Gasteiger partial charge in [-0.05, 0) is 17.5 Å². The van der Waals surface area contributed by atoms with Crippen LogP contribution < -0.4 is 5.43 Å². The third-order valence-electron chi connectivity index (χ3n) is 3.92. The molecule has 0 bridgehead atoms. The van der Waals surface area contributed by atoms with E-state index in [0.717, 1.165) is 16.3 Å². The minimum absolute atomic E-state index is 0.162. The monoisotopic (exact) mass is 300 g/mol.